The minimum Gasteiger partial charge on any atom is -0.870 e. The van der Waals surface area contributed by atoms with Crippen molar-refractivity contribution in [3.63, 3.8) is 0 Å². The van der Waals surface area contributed by atoms with Crippen LogP contribution in [0.3, 0.4) is 0 Å². The molecule has 5 heavy (non-hydrogen) atoms. The van der Waals surface area contributed by atoms with Crippen LogP contribution in [0.1, 0.15) is 0 Å². The molecule has 0 aromatic heterocycles. The maximum atomic E-state index is 0. The number of hydrogen-bond donors (Lipinski definition) is 0. The van der Waals surface area contributed by atoms with Crippen molar-refractivity contribution in [2.45, 2.75) is 0 Å². The monoisotopic (exact) mass is 512 g/mol. The van der Waals surface area contributed by atoms with E-state index in [-0.39, 0.29) is 129 Å². The van der Waals surface area contributed by atoms with Gasteiger partial charge in [-0.25, -0.2) is 0 Å². The van der Waals surface area contributed by atoms with Crippen LogP contribution in [0, 0.1) is 88.1 Å². The first kappa shape index (κ1) is 37.1. The van der Waals surface area contributed by atoms with Crippen LogP contribution in [-0.2, 0) is 0 Å². The molecule has 3 N–H and O–H groups in total. The van der Waals surface area contributed by atoms with Crippen molar-refractivity contribution in [3.05, 3.63) is 0 Å². The van der Waals surface area contributed by atoms with Crippen LogP contribution in [-0.4, -0.2) is 11.0 Å². The molecule has 0 bridgehead atoms. The van der Waals surface area contributed by atoms with Crippen molar-refractivity contribution in [3.8, 4) is 0 Å². The summed E-state index contributed by atoms with van der Waals surface area (Å²) in [5, 5.41) is 0. The maximum Gasteiger partial charge on any atom is 1.00 e. The summed E-state index contributed by atoms with van der Waals surface area (Å²) in [7, 11) is 0. The van der Waals surface area contributed by atoms with Crippen molar-refractivity contribution in [1.29, 1.82) is 0 Å². The Bertz CT molecular complexity index is 7.61. The van der Waals surface area contributed by atoms with E-state index in [4.69, 9.17) is 0 Å². The molecule has 0 rings (SSSR count). The second kappa shape index (κ2) is 25.0. The average Bonchev–Trinajstić information content (AvgIpc) is 0. The third-order valence-electron chi connectivity index (χ3n) is 0. The van der Waals surface area contributed by atoms with Gasteiger partial charge in [0, 0.05) is 88.1 Å². The van der Waals surface area contributed by atoms with Crippen molar-refractivity contribution in [2.75, 3.05) is 0 Å². The van der Waals surface area contributed by atoms with Gasteiger partial charge in [-0.05, 0) is 0 Å². The molecule has 5 heteroatoms. The first-order valence-corrected chi connectivity index (χ1v) is 0. The molecule has 0 aliphatic heterocycles. The molecule has 0 amide bonds. The van der Waals surface area contributed by atoms with Crippen molar-refractivity contribution < 1.29 is 129 Å². The Hall–Kier alpha value is 3.80. The van der Waals surface area contributed by atoms with E-state index in [0.29, 0.717) is 0 Å². The average molecular weight is 512 g/mol. The van der Waals surface area contributed by atoms with Gasteiger partial charge >= 0.3 is 29.6 Å². The minimum absolute atomic E-state index is 0. The molecule has 0 aliphatic rings. The zero-order chi connectivity index (χ0) is 0. The summed E-state index contributed by atoms with van der Waals surface area (Å²) in [5.74, 6) is 0. The van der Waals surface area contributed by atoms with Crippen molar-refractivity contribution in [1.82, 2.24) is 0 Å². The third-order valence-corrected chi connectivity index (χ3v) is 0. The van der Waals surface area contributed by atoms with Gasteiger partial charge in [0.1, 0.15) is 0 Å². The molecule has 0 aromatic carbocycles. The Labute approximate surface area is 125 Å². The van der Waals surface area contributed by atoms with E-state index in [2.05, 4.69) is 0 Å². The normalized spacial score (nSPS) is 0. The molecular weight excluding hydrogens is 509 g/mol. The molecule has 0 aliphatic carbocycles. The molecule has 2 nitrogen and oxygen atoms in total. The Kier molecular flexibility index (Phi) is 185. The second-order valence-corrected chi connectivity index (χ2v) is 0. The predicted octanol–water partition coefficient (Wildman–Crippen LogP) is -4.00. The molecule has 0 unspecified atom stereocenters. The third kappa shape index (κ3) is 18.2. The van der Waals surface area contributed by atoms with Crippen LogP contribution in [0.25, 0.3) is 0 Å². The fraction of sp³-hybridized carbons (Fsp3) is 0. The SMILES string of the molecule is O.[Ac].[Ac].[Na+].[OH-]. The van der Waals surface area contributed by atoms with Gasteiger partial charge in [0.05, 0.1) is 0 Å². The van der Waals surface area contributed by atoms with E-state index < -0.39 is 0 Å². The standard InChI is InChI=1S/2Ac.Na.2H2O/h;;;2*1H2/q;;+1;;/p-1. The van der Waals surface area contributed by atoms with Gasteiger partial charge in [-0.15, -0.1) is 0 Å². The zero-order valence-electron chi connectivity index (χ0n) is 3.10. The fourth-order valence-corrected chi connectivity index (χ4v) is 0. The van der Waals surface area contributed by atoms with Gasteiger partial charge in [-0.1, -0.05) is 0 Å². The van der Waals surface area contributed by atoms with Gasteiger partial charge in [-0.3, -0.25) is 0 Å². The number of hydrogen-bond acceptors (Lipinski definition) is 1. The van der Waals surface area contributed by atoms with Crippen LogP contribution in [0.15, 0.2) is 0 Å². The van der Waals surface area contributed by atoms with E-state index in [1.165, 1.54) is 0 Å². The van der Waals surface area contributed by atoms with E-state index in [1.807, 2.05) is 0 Å². The second-order valence-electron chi connectivity index (χ2n) is 0. The topological polar surface area (TPSA) is 61.5 Å². The summed E-state index contributed by atoms with van der Waals surface area (Å²) in [6, 6.07) is 0. The Morgan fingerprint density at radius 2 is 0.800 bits per heavy atom. The molecular formula is H3Ac2NaO2. The molecule has 0 fully saturated rings. The minimum atomic E-state index is 0. The summed E-state index contributed by atoms with van der Waals surface area (Å²) in [5.41, 5.74) is 0. The summed E-state index contributed by atoms with van der Waals surface area (Å²) < 4.78 is 0. The molecule has 0 atom stereocenters. The van der Waals surface area contributed by atoms with E-state index in [1.54, 1.807) is 0 Å². The Morgan fingerprint density at radius 3 is 0.800 bits per heavy atom. The van der Waals surface area contributed by atoms with Gasteiger partial charge in [0.2, 0.25) is 0 Å². The van der Waals surface area contributed by atoms with Crippen molar-refractivity contribution >= 4 is 0 Å². The largest absolute Gasteiger partial charge is 1.00 e. The molecule has 0 spiro atoms. The summed E-state index contributed by atoms with van der Waals surface area (Å²) in [4.78, 5) is 0. The maximum absolute atomic E-state index is 0. The molecule has 0 aromatic rings. The van der Waals surface area contributed by atoms with Crippen LogP contribution in [0.4, 0.5) is 0 Å². The van der Waals surface area contributed by atoms with Crippen LogP contribution >= 0.6 is 0 Å². The molecule has 2 radical (unpaired) electrons. The van der Waals surface area contributed by atoms with Crippen LogP contribution < -0.4 is 29.6 Å². The quantitative estimate of drug-likeness (QED) is 0.306. The zero-order valence-corrected chi connectivity index (χ0v) is 14.6. The molecule has 22 valence electrons. The first-order chi connectivity index (χ1) is 0. The molecule has 0 saturated heterocycles. The smallest absolute Gasteiger partial charge is 0.870 e. The van der Waals surface area contributed by atoms with Crippen LogP contribution in [0.5, 0.6) is 0 Å². The summed E-state index contributed by atoms with van der Waals surface area (Å²) in [6.07, 6.45) is 0. The predicted molar refractivity (Wildman–Crippen MR) is 5.55 cm³/mol. The Morgan fingerprint density at radius 1 is 0.800 bits per heavy atom. The molecule has 0 heterocycles. The van der Waals surface area contributed by atoms with Crippen LogP contribution in [0.2, 0.25) is 0 Å². The van der Waals surface area contributed by atoms with Gasteiger partial charge in [-0.2, -0.15) is 0 Å². The van der Waals surface area contributed by atoms with E-state index >= 15 is 0 Å². The molecule has 0 saturated carbocycles. The number of rotatable bonds is 0. The Balaban J connectivity index is 0. The van der Waals surface area contributed by atoms with E-state index in [0.717, 1.165) is 0 Å². The van der Waals surface area contributed by atoms with Gasteiger partial charge < -0.3 is 11.0 Å². The first-order valence-electron chi connectivity index (χ1n) is 0. The summed E-state index contributed by atoms with van der Waals surface area (Å²) >= 11 is 0. The van der Waals surface area contributed by atoms with Gasteiger partial charge in [0.15, 0.2) is 0 Å². The fourth-order valence-electron chi connectivity index (χ4n) is 0. The van der Waals surface area contributed by atoms with Crippen molar-refractivity contribution in [2.24, 2.45) is 0 Å². The van der Waals surface area contributed by atoms with E-state index in [9.17, 15) is 0 Å². The van der Waals surface area contributed by atoms with Gasteiger partial charge in [0.25, 0.3) is 0 Å². The summed E-state index contributed by atoms with van der Waals surface area (Å²) in [6.45, 7) is 0.